The lowest BCUT2D eigenvalue weighted by Crippen LogP contribution is -2.28. The Labute approximate surface area is 91.8 Å². The van der Waals surface area contributed by atoms with Crippen molar-refractivity contribution in [2.75, 3.05) is 0 Å². The number of aliphatic carboxylic acids is 1. The van der Waals surface area contributed by atoms with Gasteiger partial charge in [0, 0.05) is 5.57 Å². The van der Waals surface area contributed by atoms with Gasteiger partial charge in [-0.25, -0.2) is 4.79 Å². The Morgan fingerprint density at radius 3 is 2.40 bits per heavy atom. The average Bonchev–Trinajstić information content (AvgIpc) is 2.14. The molecule has 0 spiro atoms. The van der Waals surface area contributed by atoms with Crippen LogP contribution in [0, 0.1) is 5.41 Å². The fourth-order valence-corrected chi connectivity index (χ4v) is 1.30. The van der Waals surface area contributed by atoms with Crippen molar-refractivity contribution >= 4 is 5.97 Å². The van der Waals surface area contributed by atoms with E-state index in [9.17, 15) is 9.90 Å². The maximum atomic E-state index is 10.6. The molecule has 0 saturated heterocycles. The Bertz CT molecular complexity index is 241. The van der Waals surface area contributed by atoms with Gasteiger partial charge in [-0.3, -0.25) is 0 Å². The van der Waals surface area contributed by atoms with Gasteiger partial charge in [-0.1, -0.05) is 33.3 Å². The van der Waals surface area contributed by atoms with Crippen molar-refractivity contribution in [2.24, 2.45) is 5.41 Å². The Hall–Kier alpha value is -0.830. The number of carboxylic acids is 1. The van der Waals surface area contributed by atoms with Crippen molar-refractivity contribution in [2.45, 2.75) is 53.1 Å². The van der Waals surface area contributed by atoms with Gasteiger partial charge >= 0.3 is 5.97 Å². The molecule has 3 heteroatoms. The maximum absolute atomic E-state index is 10.6. The number of carbonyl (C=O) groups is 1. The standard InChI is InChI=1S/C12H22O3/c1-5-6-10(13)12(3,4)8-7-9(2)11(14)15/h7,10,13H,5-6,8H2,1-4H3,(H,14,15)/b9-7+. The zero-order chi connectivity index (χ0) is 12.1. The first-order chi connectivity index (χ1) is 6.81. The van der Waals surface area contributed by atoms with E-state index in [2.05, 4.69) is 0 Å². The van der Waals surface area contributed by atoms with Gasteiger partial charge < -0.3 is 10.2 Å². The molecule has 0 aliphatic rings. The highest BCUT2D eigenvalue weighted by molar-refractivity contribution is 5.85. The van der Waals surface area contributed by atoms with E-state index in [1.54, 1.807) is 13.0 Å². The van der Waals surface area contributed by atoms with Crippen molar-refractivity contribution in [3.63, 3.8) is 0 Å². The zero-order valence-electron chi connectivity index (χ0n) is 10.1. The van der Waals surface area contributed by atoms with E-state index < -0.39 is 5.97 Å². The molecule has 0 aromatic rings. The molecular weight excluding hydrogens is 192 g/mol. The molecule has 0 aromatic carbocycles. The molecule has 0 rings (SSSR count). The third-order valence-electron chi connectivity index (χ3n) is 2.74. The van der Waals surface area contributed by atoms with Crippen molar-refractivity contribution in [1.82, 2.24) is 0 Å². The summed E-state index contributed by atoms with van der Waals surface area (Å²) in [6, 6.07) is 0. The molecule has 0 bridgehead atoms. The average molecular weight is 214 g/mol. The summed E-state index contributed by atoms with van der Waals surface area (Å²) in [6.07, 6.45) is 3.59. The molecule has 0 radical (unpaired) electrons. The highest BCUT2D eigenvalue weighted by Gasteiger charge is 2.25. The van der Waals surface area contributed by atoms with Gasteiger partial charge in [0.1, 0.15) is 0 Å². The molecule has 0 amide bonds. The summed E-state index contributed by atoms with van der Waals surface area (Å²) >= 11 is 0. The first kappa shape index (κ1) is 14.2. The largest absolute Gasteiger partial charge is 0.478 e. The normalized spacial score (nSPS) is 15.1. The number of allylic oxidation sites excluding steroid dienone is 1. The Balaban J connectivity index is 4.37. The van der Waals surface area contributed by atoms with E-state index in [4.69, 9.17) is 5.11 Å². The van der Waals surface area contributed by atoms with Crippen molar-refractivity contribution in [3.05, 3.63) is 11.6 Å². The molecule has 0 aromatic heterocycles. The minimum Gasteiger partial charge on any atom is -0.478 e. The third-order valence-corrected chi connectivity index (χ3v) is 2.74. The molecule has 0 saturated carbocycles. The molecule has 88 valence electrons. The Morgan fingerprint density at radius 1 is 1.47 bits per heavy atom. The van der Waals surface area contributed by atoms with E-state index in [1.165, 1.54) is 0 Å². The molecule has 1 unspecified atom stereocenters. The first-order valence-corrected chi connectivity index (χ1v) is 5.39. The molecule has 0 fully saturated rings. The highest BCUT2D eigenvalue weighted by atomic mass is 16.4. The van der Waals surface area contributed by atoms with Crippen LogP contribution in [0.4, 0.5) is 0 Å². The quantitative estimate of drug-likeness (QED) is 0.668. The predicted octanol–water partition coefficient (Wildman–Crippen LogP) is 2.59. The van der Waals surface area contributed by atoms with Crippen LogP contribution in [0.15, 0.2) is 11.6 Å². The number of hydrogen-bond acceptors (Lipinski definition) is 2. The lowest BCUT2D eigenvalue weighted by atomic mass is 9.80. The highest BCUT2D eigenvalue weighted by Crippen LogP contribution is 2.29. The van der Waals surface area contributed by atoms with E-state index in [0.717, 1.165) is 12.8 Å². The molecule has 1 atom stereocenters. The van der Waals surface area contributed by atoms with Gasteiger partial charge in [0.2, 0.25) is 0 Å². The van der Waals surface area contributed by atoms with Gasteiger partial charge in [-0.15, -0.1) is 0 Å². The second-order valence-electron chi connectivity index (χ2n) is 4.69. The molecule has 2 N–H and O–H groups in total. The molecule has 0 aliphatic carbocycles. The van der Waals surface area contributed by atoms with Crippen molar-refractivity contribution in [1.29, 1.82) is 0 Å². The molecule has 0 aliphatic heterocycles. The van der Waals surface area contributed by atoms with Gasteiger partial charge in [0.15, 0.2) is 0 Å². The summed E-state index contributed by atoms with van der Waals surface area (Å²) < 4.78 is 0. The first-order valence-electron chi connectivity index (χ1n) is 5.39. The summed E-state index contributed by atoms with van der Waals surface area (Å²) in [6.45, 7) is 7.51. The second-order valence-corrected chi connectivity index (χ2v) is 4.69. The summed E-state index contributed by atoms with van der Waals surface area (Å²) in [7, 11) is 0. The second kappa shape index (κ2) is 5.91. The van der Waals surface area contributed by atoms with Crippen LogP contribution in [0.1, 0.15) is 47.0 Å². The number of aliphatic hydroxyl groups excluding tert-OH is 1. The molecule has 0 heterocycles. The van der Waals surface area contributed by atoms with Crippen LogP contribution in [-0.4, -0.2) is 22.3 Å². The van der Waals surface area contributed by atoms with E-state index >= 15 is 0 Å². The van der Waals surface area contributed by atoms with Gasteiger partial charge in [0.25, 0.3) is 0 Å². The third kappa shape index (κ3) is 4.98. The van der Waals surface area contributed by atoms with Crippen LogP contribution in [0.25, 0.3) is 0 Å². The summed E-state index contributed by atoms with van der Waals surface area (Å²) in [5.41, 5.74) is 0.0824. The van der Waals surface area contributed by atoms with Crippen LogP contribution in [0.5, 0.6) is 0 Å². The SMILES string of the molecule is CCCC(O)C(C)(C)C/C=C(\C)C(=O)O. The lowest BCUT2D eigenvalue weighted by Gasteiger charge is -2.29. The van der Waals surface area contributed by atoms with Gasteiger partial charge in [-0.05, 0) is 25.2 Å². The zero-order valence-corrected chi connectivity index (χ0v) is 10.1. The predicted molar refractivity (Wildman–Crippen MR) is 60.7 cm³/mol. The van der Waals surface area contributed by atoms with E-state index in [0.29, 0.717) is 12.0 Å². The number of hydrogen-bond donors (Lipinski definition) is 2. The van der Waals surface area contributed by atoms with Gasteiger partial charge in [0.05, 0.1) is 6.10 Å². The minimum absolute atomic E-state index is 0.257. The summed E-state index contributed by atoms with van der Waals surface area (Å²) in [5.74, 6) is -0.893. The molecule has 3 nitrogen and oxygen atoms in total. The fraction of sp³-hybridized carbons (Fsp3) is 0.750. The van der Waals surface area contributed by atoms with E-state index in [1.807, 2.05) is 20.8 Å². The number of rotatable bonds is 6. The summed E-state index contributed by atoms with van der Waals surface area (Å²) in [5, 5.41) is 18.5. The molecule has 15 heavy (non-hydrogen) atoms. The van der Waals surface area contributed by atoms with Crippen LogP contribution < -0.4 is 0 Å². The monoisotopic (exact) mass is 214 g/mol. The maximum Gasteiger partial charge on any atom is 0.330 e. The van der Waals surface area contributed by atoms with E-state index in [-0.39, 0.29) is 11.5 Å². The summed E-state index contributed by atoms with van der Waals surface area (Å²) in [4.78, 5) is 10.6. The minimum atomic E-state index is -0.893. The van der Waals surface area contributed by atoms with Crippen LogP contribution in [-0.2, 0) is 4.79 Å². The number of carboxylic acid groups (broad SMARTS) is 1. The van der Waals surface area contributed by atoms with Crippen molar-refractivity contribution in [3.8, 4) is 0 Å². The van der Waals surface area contributed by atoms with Crippen molar-refractivity contribution < 1.29 is 15.0 Å². The lowest BCUT2D eigenvalue weighted by molar-refractivity contribution is -0.132. The molecular formula is C12H22O3. The Morgan fingerprint density at radius 2 is 2.00 bits per heavy atom. The smallest absolute Gasteiger partial charge is 0.330 e. The number of aliphatic hydroxyl groups is 1. The topological polar surface area (TPSA) is 57.5 Å². The van der Waals surface area contributed by atoms with Crippen LogP contribution in [0.3, 0.4) is 0 Å². The van der Waals surface area contributed by atoms with Crippen LogP contribution in [0.2, 0.25) is 0 Å². The Kier molecular flexibility index (Phi) is 5.58. The fourth-order valence-electron chi connectivity index (χ4n) is 1.30. The van der Waals surface area contributed by atoms with Crippen LogP contribution >= 0.6 is 0 Å². The van der Waals surface area contributed by atoms with Gasteiger partial charge in [-0.2, -0.15) is 0 Å².